The number of hydrogen-bond donors (Lipinski definition) is 0. The molecule has 3 heteroatoms. The Morgan fingerprint density at radius 2 is 1.52 bits per heavy atom. The van der Waals surface area contributed by atoms with E-state index in [4.69, 9.17) is 11.6 Å². The SMILES string of the molecule is CN1C2CCC1CN(C(c1ccccc1)c1ccccc1Cl)C2. The lowest BCUT2D eigenvalue weighted by molar-refractivity contribution is 0.0688. The average molecular weight is 327 g/mol. The molecule has 0 spiro atoms. The molecule has 2 heterocycles. The van der Waals surface area contributed by atoms with Crippen LogP contribution in [0.4, 0.5) is 0 Å². The van der Waals surface area contributed by atoms with Gasteiger partial charge in [0, 0.05) is 30.2 Å². The Balaban J connectivity index is 1.73. The smallest absolute Gasteiger partial charge is 0.0617 e. The van der Waals surface area contributed by atoms with E-state index in [1.807, 2.05) is 12.1 Å². The number of benzene rings is 2. The van der Waals surface area contributed by atoms with Crippen LogP contribution in [0.2, 0.25) is 5.02 Å². The van der Waals surface area contributed by atoms with E-state index in [0.29, 0.717) is 12.1 Å². The van der Waals surface area contributed by atoms with Gasteiger partial charge in [-0.1, -0.05) is 60.1 Å². The van der Waals surface area contributed by atoms with Crippen molar-refractivity contribution in [3.8, 4) is 0 Å². The van der Waals surface area contributed by atoms with Crippen molar-refractivity contribution in [2.45, 2.75) is 31.0 Å². The molecule has 23 heavy (non-hydrogen) atoms. The van der Waals surface area contributed by atoms with Crippen molar-refractivity contribution < 1.29 is 0 Å². The molecule has 2 saturated heterocycles. The molecule has 120 valence electrons. The van der Waals surface area contributed by atoms with Gasteiger partial charge in [-0.15, -0.1) is 0 Å². The van der Waals surface area contributed by atoms with Crippen LogP contribution >= 0.6 is 11.6 Å². The first-order chi connectivity index (χ1) is 11.2. The third kappa shape index (κ3) is 2.80. The summed E-state index contributed by atoms with van der Waals surface area (Å²) in [6.45, 7) is 2.25. The number of halogens is 1. The van der Waals surface area contributed by atoms with E-state index < -0.39 is 0 Å². The van der Waals surface area contributed by atoms with Gasteiger partial charge in [-0.25, -0.2) is 0 Å². The number of nitrogens with zero attached hydrogens (tertiary/aromatic N) is 2. The summed E-state index contributed by atoms with van der Waals surface area (Å²) in [4.78, 5) is 5.21. The summed E-state index contributed by atoms with van der Waals surface area (Å²) >= 11 is 6.57. The molecule has 2 aromatic rings. The molecule has 3 unspecified atom stereocenters. The Labute approximate surface area is 143 Å². The first-order valence-corrected chi connectivity index (χ1v) is 8.87. The molecule has 2 nitrogen and oxygen atoms in total. The molecule has 0 amide bonds. The summed E-state index contributed by atoms with van der Waals surface area (Å²) in [6, 6.07) is 20.7. The predicted molar refractivity (Wildman–Crippen MR) is 95.9 cm³/mol. The van der Waals surface area contributed by atoms with Crippen molar-refractivity contribution in [3.05, 3.63) is 70.7 Å². The summed E-state index contributed by atoms with van der Waals surface area (Å²) in [5.41, 5.74) is 2.56. The zero-order chi connectivity index (χ0) is 15.8. The first-order valence-electron chi connectivity index (χ1n) is 8.49. The minimum absolute atomic E-state index is 0.252. The average Bonchev–Trinajstić information content (AvgIpc) is 2.79. The summed E-state index contributed by atoms with van der Waals surface area (Å²) in [7, 11) is 2.28. The molecule has 0 aromatic heterocycles. The summed E-state index contributed by atoms with van der Waals surface area (Å²) in [5, 5.41) is 0.868. The van der Waals surface area contributed by atoms with Crippen molar-refractivity contribution >= 4 is 11.6 Å². The Kier molecular flexibility index (Phi) is 4.14. The Morgan fingerprint density at radius 1 is 0.913 bits per heavy atom. The van der Waals surface area contributed by atoms with E-state index in [0.717, 1.165) is 18.1 Å². The third-order valence-electron chi connectivity index (χ3n) is 5.56. The minimum atomic E-state index is 0.252. The van der Waals surface area contributed by atoms with Crippen LogP contribution in [0.1, 0.15) is 30.0 Å². The van der Waals surface area contributed by atoms with Gasteiger partial charge in [-0.2, -0.15) is 0 Å². The predicted octanol–water partition coefficient (Wildman–Crippen LogP) is 4.21. The van der Waals surface area contributed by atoms with E-state index >= 15 is 0 Å². The van der Waals surface area contributed by atoms with E-state index in [9.17, 15) is 0 Å². The van der Waals surface area contributed by atoms with Crippen LogP contribution in [0.25, 0.3) is 0 Å². The Morgan fingerprint density at radius 3 is 2.17 bits per heavy atom. The molecular weight excluding hydrogens is 304 g/mol. The van der Waals surface area contributed by atoms with Crippen LogP contribution in [0.15, 0.2) is 54.6 Å². The van der Waals surface area contributed by atoms with Gasteiger partial charge in [-0.3, -0.25) is 9.80 Å². The lowest BCUT2D eigenvalue weighted by atomic mass is 9.95. The monoisotopic (exact) mass is 326 g/mol. The highest BCUT2D eigenvalue weighted by molar-refractivity contribution is 6.31. The second-order valence-corrected chi connectivity index (χ2v) is 7.25. The molecule has 4 rings (SSSR count). The fourth-order valence-corrected chi connectivity index (χ4v) is 4.52. The second-order valence-electron chi connectivity index (χ2n) is 6.84. The largest absolute Gasteiger partial charge is 0.298 e. The van der Waals surface area contributed by atoms with E-state index in [1.165, 1.54) is 24.0 Å². The zero-order valence-corrected chi connectivity index (χ0v) is 14.3. The molecule has 2 fully saturated rings. The maximum absolute atomic E-state index is 6.57. The number of likely N-dealkylation sites (N-methyl/N-ethyl adjacent to an activating group) is 1. The highest BCUT2D eigenvalue weighted by atomic mass is 35.5. The van der Waals surface area contributed by atoms with Gasteiger partial charge in [-0.05, 0) is 37.1 Å². The molecule has 3 atom stereocenters. The first kappa shape index (κ1) is 15.2. The van der Waals surface area contributed by atoms with Crippen LogP contribution in [0, 0.1) is 0 Å². The molecule has 0 aliphatic carbocycles. The number of piperazine rings is 1. The normalized spacial score (nSPS) is 26.3. The van der Waals surface area contributed by atoms with Gasteiger partial charge < -0.3 is 0 Å². The lowest BCUT2D eigenvalue weighted by Gasteiger charge is -2.43. The molecule has 2 bridgehead atoms. The summed E-state index contributed by atoms with van der Waals surface area (Å²) in [6.07, 6.45) is 2.64. The van der Waals surface area contributed by atoms with Crippen LogP contribution < -0.4 is 0 Å². The standard InChI is InChI=1S/C20H23ClN2/c1-22-16-11-12-17(22)14-23(13-16)20(15-7-3-2-4-8-15)18-9-5-6-10-19(18)21/h2-10,16-17,20H,11-14H2,1H3. The highest BCUT2D eigenvalue weighted by Gasteiger charge is 2.40. The van der Waals surface area contributed by atoms with Crippen molar-refractivity contribution in [1.82, 2.24) is 9.80 Å². The number of likely N-dealkylation sites (tertiary alicyclic amines) is 1. The quantitative estimate of drug-likeness (QED) is 0.833. The van der Waals surface area contributed by atoms with Gasteiger partial charge >= 0.3 is 0 Å². The van der Waals surface area contributed by atoms with Crippen molar-refractivity contribution in [3.63, 3.8) is 0 Å². The van der Waals surface area contributed by atoms with Crippen molar-refractivity contribution in [2.24, 2.45) is 0 Å². The van der Waals surface area contributed by atoms with Gasteiger partial charge in [0.15, 0.2) is 0 Å². The maximum atomic E-state index is 6.57. The number of rotatable bonds is 3. The molecule has 0 N–H and O–H groups in total. The van der Waals surface area contributed by atoms with Crippen LogP contribution in [-0.4, -0.2) is 42.0 Å². The van der Waals surface area contributed by atoms with Gasteiger partial charge in [0.05, 0.1) is 6.04 Å². The molecule has 2 aliphatic rings. The van der Waals surface area contributed by atoms with Gasteiger partial charge in [0.25, 0.3) is 0 Å². The molecule has 0 radical (unpaired) electrons. The van der Waals surface area contributed by atoms with E-state index in [-0.39, 0.29) is 6.04 Å². The second kappa shape index (κ2) is 6.27. The van der Waals surface area contributed by atoms with E-state index in [2.05, 4.69) is 59.3 Å². The van der Waals surface area contributed by atoms with Gasteiger partial charge in [0.2, 0.25) is 0 Å². The number of hydrogen-bond acceptors (Lipinski definition) is 2. The molecule has 2 aromatic carbocycles. The van der Waals surface area contributed by atoms with E-state index in [1.54, 1.807) is 0 Å². The molecular formula is C20H23ClN2. The van der Waals surface area contributed by atoms with Crippen molar-refractivity contribution in [2.75, 3.05) is 20.1 Å². The zero-order valence-electron chi connectivity index (χ0n) is 13.5. The minimum Gasteiger partial charge on any atom is -0.298 e. The fourth-order valence-electron chi connectivity index (χ4n) is 4.28. The third-order valence-corrected chi connectivity index (χ3v) is 5.90. The lowest BCUT2D eigenvalue weighted by Crippen LogP contribution is -2.52. The maximum Gasteiger partial charge on any atom is 0.0617 e. The van der Waals surface area contributed by atoms with Crippen molar-refractivity contribution in [1.29, 1.82) is 0 Å². The molecule has 2 aliphatic heterocycles. The van der Waals surface area contributed by atoms with Crippen LogP contribution in [0.3, 0.4) is 0 Å². The summed E-state index contributed by atoms with van der Waals surface area (Å²) in [5.74, 6) is 0. The summed E-state index contributed by atoms with van der Waals surface area (Å²) < 4.78 is 0. The number of fused-ring (bicyclic) bond motifs is 2. The fraction of sp³-hybridized carbons (Fsp3) is 0.400. The topological polar surface area (TPSA) is 6.48 Å². The molecule has 0 saturated carbocycles. The van der Waals surface area contributed by atoms with Gasteiger partial charge in [0.1, 0.15) is 0 Å². The highest BCUT2D eigenvalue weighted by Crippen LogP contribution is 2.38. The van der Waals surface area contributed by atoms with Crippen LogP contribution in [0.5, 0.6) is 0 Å². The Hall–Kier alpha value is -1.35. The Bertz CT molecular complexity index is 658. The van der Waals surface area contributed by atoms with Crippen LogP contribution in [-0.2, 0) is 0 Å².